The summed E-state index contributed by atoms with van der Waals surface area (Å²) in [6.45, 7) is 0. The predicted octanol–water partition coefficient (Wildman–Crippen LogP) is 4.32. The molecule has 0 saturated carbocycles. The molecule has 136 valence electrons. The van der Waals surface area contributed by atoms with Crippen molar-refractivity contribution in [2.24, 2.45) is 0 Å². The van der Waals surface area contributed by atoms with Crippen molar-refractivity contribution in [2.45, 2.75) is 10.7 Å². The minimum absolute atomic E-state index is 0.0700. The van der Waals surface area contributed by atoms with Gasteiger partial charge in [0.2, 0.25) is 5.16 Å². The van der Waals surface area contributed by atoms with Crippen LogP contribution in [0, 0.1) is 11.6 Å². The first-order valence-corrected chi connectivity index (χ1v) is 8.51. The number of sulfone groups is 1. The van der Waals surface area contributed by atoms with Crippen LogP contribution in [0.4, 0.5) is 22.0 Å². The third-order valence-electron chi connectivity index (χ3n) is 3.49. The van der Waals surface area contributed by atoms with Gasteiger partial charge in [-0.2, -0.15) is 13.2 Å². The number of imidazole rings is 1. The maximum absolute atomic E-state index is 13.1. The standard InChI is InChI=1S/C16H9F5N2O2S/c17-11-5-1-9(2-6-11)13-14(10-3-7-12(18)8-4-10)23-15(22-13)26(24,25)16(19,20)21/h1-8H,(H,22,23). The lowest BCUT2D eigenvalue weighted by Crippen LogP contribution is -2.24. The Morgan fingerprint density at radius 3 is 1.73 bits per heavy atom. The molecule has 1 heterocycles. The van der Waals surface area contributed by atoms with Crippen molar-refractivity contribution in [1.82, 2.24) is 9.97 Å². The van der Waals surface area contributed by atoms with Crippen molar-refractivity contribution in [2.75, 3.05) is 0 Å². The number of hydrogen-bond acceptors (Lipinski definition) is 3. The number of nitrogens with zero attached hydrogens (tertiary/aromatic N) is 1. The van der Waals surface area contributed by atoms with Gasteiger partial charge in [0.05, 0.1) is 11.4 Å². The maximum atomic E-state index is 13.1. The fourth-order valence-electron chi connectivity index (χ4n) is 2.23. The molecule has 26 heavy (non-hydrogen) atoms. The number of halogens is 5. The van der Waals surface area contributed by atoms with Gasteiger partial charge < -0.3 is 4.98 Å². The van der Waals surface area contributed by atoms with Gasteiger partial charge in [0.25, 0.3) is 0 Å². The summed E-state index contributed by atoms with van der Waals surface area (Å²) >= 11 is 0. The zero-order chi connectivity index (χ0) is 19.1. The van der Waals surface area contributed by atoms with Gasteiger partial charge in [-0.3, -0.25) is 0 Å². The van der Waals surface area contributed by atoms with E-state index in [4.69, 9.17) is 0 Å². The summed E-state index contributed by atoms with van der Waals surface area (Å²) in [4.78, 5) is 5.71. The molecule has 0 saturated heterocycles. The highest BCUT2D eigenvalue weighted by molar-refractivity contribution is 7.92. The van der Waals surface area contributed by atoms with Crippen LogP contribution < -0.4 is 0 Å². The molecule has 0 radical (unpaired) electrons. The van der Waals surface area contributed by atoms with Crippen LogP contribution in [0.3, 0.4) is 0 Å². The molecule has 10 heteroatoms. The Bertz CT molecular complexity index is 977. The zero-order valence-electron chi connectivity index (χ0n) is 12.7. The molecule has 3 rings (SSSR count). The van der Waals surface area contributed by atoms with Crippen molar-refractivity contribution in [3.05, 3.63) is 60.2 Å². The zero-order valence-corrected chi connectivity index (χ0v) is 13.5. The summed E-state index contributed by atoms with van der Waals surface area (Å²) in [5.41, 5.74) is -5.36. The topological polar surface area (TPSA) is 62.8 Å². The molecule has 3 aromatic rings. The van der Waals surface area contributed by atoms with Crippen LogP contribution in [0.25, 0.3) is 22.5 Å². The lowest BCUT2D eigenvalue weighted by atomic mass is 10.1. The van der Waals surface area contributed by atoms with Gasteiger partial charge in [-0.05, 0) is 48.5 Å². The number of rotatable bonds is 3. The lowest BCUT2D eigenvalue weighted by molar-refractivity contribution is -0.0439. The minimum Gasteiger partial charge on any atom is -0.328 e. The molecule has 0 aliphatic heterocycles. The smallest absolute Gasteiger partial charge is 0.328 e. The van der Waals surface area contributed by atoms with Crippen LogP contribution in [0.5, 0.6) is 0 Å². The Labute approximate surface area is 144 Å². The molecule has 1 N–H and O–H groups in total. The van der Waals surface area contributed by atoms with E-state index in [0.717, 1.165) is 24.3 Å². The first kappa shape index (κ1) is 18.1. The van der Waals surface area contributed by atoms with Gasteiger partial charge >= 0.3 is 15.3 Å². The van der Waals surface area contributed by atoms with Crippen molar-refractivity contribution >= 4 is 9.84 Å². The fourth-order valence-corrected chi connectivity index (χ4v) is 2.90. The highest BCUT2D eigenvalue weighted by Gasteiger charge is 2.49. The van der Waals surface area contributed by atoms with Crippen molar-refractivity contribution < 1.29 is 30.4 Å². The largest absolute Gasteiger partial charge is 0.504 e. The molecule has 0 fully saturated rings. The number of benzene rings is 2. The number of alkyl halides is 3. The van der Waals surface area contributed by atoms with E-state index in [-0.39, 0.29) is 22.5 Å². The van der Waals surface area contributed by atoms with Crippen LogP contribution in [-0.2, 0) is 9.84 Å². The van der Waals surface area contributed by atoms with E-state index in [1.54, 1.807) is 0 Å². The van der Waals surface area contributed by atoms with Crippen LogP contribution in [0.15, 0.2) is 53.7 Å². The van der Waals surface area contributed by atoms with Crippen molar-refractivity contribution in [1.29, 1.82) is 0 Å². The van der Waals surface area contributed by atoms with E-state index in [9.17, 15) is 30.4 Å². The molecule has 0 bridgehead atoms. The van der Waals surface area contributed by atoms with Crippen LogP contribution >= 0.6 is 0 Å². The molecule has 0 aliphatic rings. The molecular formula is C16H9F5N2O2S. The van der Waals surface area contributed by atoms with Gasteiger partial charge in [0.15, 0.2) is 0 Å². The Balaban J connectivity index is 2.24. The van der Waals surface area contributed by atoms with E-state index in [1.165, 1.54) is 24.3 Å². The summed E-state index contributed by atoms with van der Waals surface area (Å²) in [7, 11) is -5.73. The highest BCUT2D eigenvalue weighted by Crippen LogP contribution is 2.35. The van der Waals surface area contributed by atoms with Crippen LogP contribution in [0.1, 0.15) is 0 Å². The molecule has 1 aromatic heterocycles. The maximum Gasteiger partial charge on any atom is 0.504 e. The number of hydrogen-bond donors (Lipinski definition) is 1. The lowest BCUT2D eigenvalue weighted by Gasteiger charge is -2.04. The van der Waals surface area contributed by atoms with Crippen LogP contribution in [0.2, 0.25) is 0 Å². The number of aromatic amines is 1. The monoisotopic (exact) mass is 388 g/mol. The molecular weight excluding hydrogens is 379 g/mol. The summed E-state index contributed by atoms with van der Waals surface area (Å²) < 4.78 is 88.0. The second kappa shape index (κ2) is 6.20. The molecule has 0 amide bonds. The van der Waals surface area contributed by atoms with Gasteiger partial charge in [0.1, 0.15) is 11.6 Å². The van der Waals surface area contributed by atoms with Gasteiger partial charge in [0, 0.05) is 11.1 Å². The number of H-pyrrole nitrogens is 1. The van der Waals surface area contributed by atoms with Crippen LogP contribution in [-0.4, -0.2) is 23.9 Å². The Kier molecular flexibility index (Phi) is 4.31. The predicted molar refractivity (Wildman–Crippen MR) is 82.6 cm³/mol. The third kappa shape index (κ3) is 3.19. The van der Waals surface area contributed by atoms with E-state index >= 15 is 0 Å². The minimum atomic E-state index is -5.73. The normalized spacial score (nSPS) is 12.3. The molecule has 4 nitrogen and oxygen atoms in total. The number of aromatic nitrogens is 2. The molecule has 2 aromatic carbocycles. The van der Waals surface area contributed by atoms with E-state index < -0.39 is 32.1 Å². The molecule has 0 atom stereocenters. The van der Waals surface area contributed by atoms with Crippen molar-refractivity contribution in [3.63, 3.8) is 0 Å². The van der Waals surface area contributed by atoms with Gasteiger partial charge in [-0.25, -0.2) is 22.2 Å². The Morgan fingerprint density at radius 2 is 1.27 bits per heavy atom. The molecule has 0 unspecified atom stereocenters. The van der Waals surface area contributed by atoms with Crippen molar-refractivity contribution in [3.8, 4) is 22.5 Å². The number of nitrogens with one attached hydrogen (secondary N) is 1. The summed E-state index contributed by atoms with van der Waals surface area (Å²) in [5.74, 6) is -1.17. The van der Waals surface area contributed by atoms with Gasteiger partial charge in [-0.1, -0.05) is 0 Å². The quantitative estimate of drug-likeness (QED) is 0.680. The second-order valence-corrected chi connectivity index (χ2v) is 7.09. The summed E-state index contributed by atoms with van der Waals surface area (Å²) in [6.07, 6.45) is 0. The fraction of sp³-hybridized carbons (Fsp3) is 0.0625. The molecule has 0 spiro atoms. The summed E-state index contributed by atoms with van der Waals surface area (Å²) in [5, 5.41) is -1.30. The van der Waals surface area contributed by atoms with E-state index in [0.29, 0.717) is 0 Å². The van der Waals surface area contributed by atoms with Gasteiger partial charge in [-0.15, -0.1) is 0 Å². The average molecular weight is 388 g/mol. The summed E-state index contributed by atoms with van der Waals surface area (Å²) in [6, 6.07) is 9.20. The molecule has 0 aliphatic carbocycles. The first-order chi connectivity index (χ1) is 12.1. The Morgan fingerprint density at radius 1 is 0.808 bits per heavy atom. The highest BCUT2D eigenvalue weighted by atomic mass is 32.2. The second-order valence-electron chi connectivity index (χ2n) is 5.23. The Hall–Kier alpha value is -2.75. The van der Waals surface area contributed by atoms with E-state index in [2.05, 4.69) is 9.97 Å². The van der Waals surface area contributed by atoms with E-state index in [1.807, 2.05) is 0 Å². The first-order valence-electron chi connectivity index (χ1n) is 7.03. The SMILES string of the molecule is O=S(=O)(c1nc(-c2ccc(F)cc2)c(-c2ccc(F)cc2)[nH]1)C(F)(F)F. The average Bonchev–Trinajstić information content (AvgIpc) is 3.01. The third-order valence-corrected chi connectivity index (χ3v) is 4.80.